The fourth-order valence-electron chi connectivity index (χ4n) is 3.14. The minimum Gasteiger partial charge on any atom is -0.467 e. The molecule has 1 aliphatic heterocycles. The molecule has 0 radical (unpaired) electrons. The van der Waals surface area contributed by atoms with Crippen molar-refractivity contribution >= 4 is 21.9 Å². The first-order valence-corrected chi connectivity index (χ1v) is 10.9. The largest absolute Gasteiger partial charge is 0.467 e. The summed E-state index contributed by atoms with van der Waals surface area (Å²) in [5.41, 5.74) is 0.0787. The number of carbonyl (C=O) groups is 2. The van der Waals surface area contributed by atoms with Crippen LogP contribution >= 0.6 is 0 Å². The number of amides is 1. The number of benzene rings is 1. The molecule has 0 saturated carbocycles. The smallest absolute Gasteiger partial charge is 0.338 e. The number of hydrogen-bond acceptors (Lipinski definition) is 6. The van der Waals surface area contributed by atoms with Gasteiger partial charge in [-0.2, -0.15) is 4.31 Å². The molecule has 0 aliphatic carbocycles. The average Bonchev–Trinajstić information content (AvgIpc) is 3.28. The van der Waals surface area contributed by atoms with Crippen LogP contribution in [0.5, 0.6) is 0 Å². The lowest BCUT2D eigenvalue weighted by atomic mass is 10.2. The Morgan fingerprint density at radius 3 is 2.62 bits per heavy atom. The van der Waals surface area contributed by atoms with Gasteiger partial charge in [-0.1, -0.05) is 12.5 Å². The van der Waals surface area contributed by atoms with Gasteiger partial charge in [-0.25, -0.2) is 13.2 Å². The molecule has 156 valence electrons. The topological polar surface area (TPSA) is 106 Å². The number of ether oxygens (including phenoxy) is 1. The van der Waals surface area contributed by atoms with Gasteiger partial charge in [0.15, 0.2) is 6.61 Å². The van der Waals surface area contributed by atoms with Crippen molar-refractivity contribution < 1.29 is 27.2 Å². The molecule has 0 spiro atoms. The van der Waals surface area contributed by atoms with Crippen LogP contribution in [0.1, 0.15) is 48.3 Å². The van der Waals surface area contributed by atoms with E-state index in [0.29, 0.717) is 18.8 Å². The first-order valence-electron chi connectivity index (χ1n) is 9.48. The first kappa shape index (κ1) is 21.1. The van der Waals surface area contributed by atoms with Crippen LogP contribution in [0.3, 0.4) is 0 Å². The summed E-state index contributed by atoms with van der Waals surface area (Å²) >= 11 is 0. The van der Waals surface area contributed by atoms with Gasteiger partial charge in [-0.3, -0.25) is 4.79 Å². The predicted molar refractivity (Wildman–Crippen MR) is 105 cm³/mol. The molecule has 1 amide bonds. The highest BCUT2D eigenvalue weighted by Gasteiger charge is 2.26. The number of esters is 1. The van der Waals surface area contributed by atoms with E-state index in [-0.39, 0.29) is 16.5 Å². The molecule has 1 fully saturated rings. The summed E-state index contributed by atoms with van der Waals surface area (Å²) in [4.78, 5) is 24.3. The van der Waals surface area contributed by atoms with Crippen molar-refractivity contribution in [1.29, 1.82) is 0 Å². The summed E-state index contributed by atoms with van der Waals surface area (Å²) in [6.45, 7) is 2.22. The summed E-state index contributed by atoms with van der Waals surface area (Å²) < 4.78 is 37.2. The van der Waals surface area contributed by atoms with Crippen molar-refractivity contribution in [2.45, 2.75) is 37.1 Å². The number of carbonyl (C=O) groups excluding carboxylic acids is 2. The van der Waals surface area contributed by atoms with Gasteiger partial charge in [0.05, 0.1) is 22.8 Å². The lowest BCUT2D eigenvalue weighted by Crippen LogP contribution is -2.35. The maximum absolute atomic E-state index is 12.8. The quantitative estimate of drug-likeness (QED) is 0.690. The molecule has 3 rings (SSSR count). The standard InChI is InChI=1S/C20H24N2O6S/c1-15(18-9-6-12-27-18)21-19(23)14-28-20(24)16-7-5-8-17(13-16)29(25,26)22-10-3-2-4-11-22/h5-9,12-13,15H,2-4,10-11,14H2,1H3,(H,21,23)/t15-/m1/s1. The van der Waals surface area contributed by atoms with Crippen molar-refractivity contribution in [3.63, 3.8) is 0 Å². The van der Waals surface area contributed by atoms with Gasteiger partial charge in [0, 0.05) is 13.1 Å². The van der Waals surface area contributed by atoms with Crippen LogP contribution in [-0.2, 0) is 19.6 Å². The highest BCUT2D eigenvalue weighted by Crippen LogP contribution is 2.21. The van der Waals surface area contributed by atoms with Crippen LogP contribution in [0.15, 0.2) is 52.0 Å². The molecule has 1 aromatic carbocycles. The molecule has 1 aliphatic rings. The first-order chi connectivity index (χ1) is 13.9. The molecule has 0 bridgehead atoms. The van der Waals surface area contributed by atoms with Crippen LogP contribution in [0.4, 0.5) is 0 Å². The SMILES string of the molecule is C[C@@H](NC(=O)COC(=O)c1cccc(S(=O)(=O)N2CCCCC2)c1)c1ccco1. The summed E-state index contributed by atoms with van der Waals surface area (Å²) in [5, 5.41) is 2.66. The van der Waals surface area contributed by atoms with E-state index < -0.39 is 28.5 Å². The van der Waals surface area contributed by atoms with Crippen LogP contribution in [0.25, 0.3) is 0 Å². The van der Waals surface area contributed by atoms with Crippen molar-refractivity contribution in [3.05, 3.63) is 54.0 Å². The number of hydrogen-bond donors (Lipinski definition) is 1. The van der Waals surface area contributed by atoms with E-state index >= 15 is 0 Å². The van der Waals surface area contributed by atoms with E-state index in [2.05, 4.69) is 5.32 Å². The van der Waals surface area contributed by atoms with E-state index in [4.69, 9.17) is 9.15 Å². The Bertz CT molecular complexity index is 949. The monoisotopic (exact) mass is 420 g/mol. The number of sulfonamides is 1. The zero-order valence-corrected chi connectivity index (χ0v) is 17.0. The lowest BCUT2D eigenvalue weighted by molar-refractivity contribution is -0.125. The molecule has 1 atom stereocenters. The van der Waals surface area contributed by atoms with E-state index in [1.165, 1.54) is 34.8 Å². The van der Waals surface area contributed by atoms with Gasteiger partial charge in [-0.15, -0.1) is 0 Å². The maximum atomic E-state index is 12.8. The normalized spacial score (nSPS) is 16.2. The molecule has 2 heterocycles. The fraction of sp³-hybridized carbons (Fsp3) is 0.400. The predicted octanol–water partition coefficient (Wildman–Crippen LogP) is 2.49. The number of rotatable bonds is 7. The van der Waals surface area contributed by atoms with Crippen LogP contribution in [0, 0.1) is 0 Å². The molecule has 1 N–H and O–H groups in total. The zero-order chi connectivity index (χ0) is 20.9. The van der Waals surface area contributed by atoms with Crippen LogP contribution in [-0.4, -0.2) is 44.3 Å². The lowest BCUT2D eigenvalue weighted by Gasteiger charge is -2.25. The third kappa shape index (κ3) is 5.24. The molecule has 1 saturated heterocycles. The molecule has 8 nitrogen and oxygen atoms in total. The summed E-state index contributed by atoms with van der Waals surface area (Å²) in [5.74, 6) is -0.666. The van der Waals surface area contributed by atoms with Gasteiger partial charge in [0.1, 0.15) is 5.76 Å². The van der Waals surface area contributed by atoms with Crippen molar-refractivity contribution in [2.75, 3.05) is 19.7 Å². The second kappa shape index (κ2) is 9.23. The zero-order valence-electron chi connectivity index (χ0n) is 16.2. The highest BCUT2D eigenvalue weighted by molar-refractivity contribution is 7.89. The number of nitrogens with zero attached hydrogens (tertiary/aromatic N) is 1. The minimum absolute atomic E-state index is 0.0461. The Balaban J connectivity index is 1.60. The Hall–Kier alpha value is -2.65. The van der Waals surface area contributed by atoms with Gasteiger partial charge < -0.3 is 14.5 Å². The summed E-state index contributed by atoms with van der Waals surface area (Å²) in [6, 6.07) is 8.77. The highest BCUT2D eigenvalue weighted by atomic mass is 32.2. The summed E-state index contributed by atoms with van der Waals surface area (Å²) in [6.07, 6.45) is 4.17. The minimum atomic E-state index is -3.65. The third-order valence-corrected chi connectivity index (χ3v) is 6.60. The molecule has 2 aromatic rings. The van der Waals surface area contributed by atoms with Gasteiger partial charge in [0.2, 0.25) is 10.0 Å². The van der Waals surface area contributed by atoms with Crippen LogP contribution in [0.2, 0.25) is 0 Å². The van der Waals surface area contributed by atoms with E-state index in [1.807, 2.05) is 0 Å². The van der Waals surface area contributed by atoms with Crippen molar-refractivity contribution in [2.24, 2.45) is 0 Å². The van der Waals surface area contributed by atoms with Gasteiger partial charge in [0.25, 0.3) is 5.91 Å². The number of piperidine rings is 1. The Morgan fingerprint density at radius 2 is 1.93 bits per heavy atom. The Labute approximate surface area is 169 Å². The van der Waals surface area contributed by atoms with Gasteiger partial charge in [-0.05, 0) is 50.1 Å². The molecule has 9 heteroatoms. The van der Waals surface area contributed by atoms with E-state index in [1.54, 1.807) is 19.1 Å². The van der Waals surface area contributed by atoms with Crippen molar-refractivity contribution in [3.8, 4) is 0 Å². The number of furan rings is 1. The van der Waals surface area contributed by atoms with E-state index in [0.717, 1.165) is 19.3 Å². The van der Waals surface area contributed by atoms with E-state index in [9.17, 15) is 18.0 Å². The van der Waals surface area contributed by atoms with Crippen LogP contribution < -0.4 is 5.32 Å². The molecular formula is C20H24N2O6S. The average molecular weight is 420 g/mol. The molecule has 29 heavy (non-hydrogen) atoms. The Morgan fingerprint density at radius 1 is 1.17 bits per heavy atom. The maximum Gasteiger partial charge on any atom is 0.338 e. The van der Waals surface area contributed by atoms with Gasteiger partial charge >= 0.3 is 5.97 Å². The second-order valence-electron chi connectivity index (χ2n) is 6.87. The summed E-state index contributed by atoms with van der Waals surface area (Å²) in [7, 11) is -3.65. The Kier molecular flexibility index (Phi) is 6.71. The number of nitrogens with one attached hydrogen (secondary N) is 1. The van der Waals surface area contributed by atoms with Crippen molar-refractivity contribution in [1.82, 2.24) is 9.62 Å². The molecule has 0 unspecified atom stereocenters. The second-order valence-corrected chi connectivity index (χ2v) is 8.81. The third-order valence-electron chi connectivity index (χ3n) is 4.70. The molecule has 1 aromatic heterocycles. The fourth-order valence-corrected chi connectivity index (χ4v) is 4.71. The molecular weight excluding hydrogens is 396 g/mol.